The highest BCUT2D eigenvalue weighted by Crippen LogP contribution is 2.43. The van der Waals surface area contributed by atoms with Gasteiger partial charge in [-0.1, -0.05) is 0 Å². The molecule has 0 saturated carbocycles. The first-order valence-corrected chi connectivity index (χ1v) is 9.52. The highest BCUT2D eigenvalue weighted by molar-refractivity contribution is 7.14. The van der Waals surface area contributed by atoms with E-state index in [2.05, 4.69) is 11.4 Å². The number of ether oxygens (including phenoxy) is 1. The van der Waals surface area contributed by atoms with E-state index < -0.39 is 0 Å². The van der Waals surface area contributed by atoms with Gasteiger partial charge in [-0.05, 0) is 50.4 Å². The van der Waals surface area contributed by atoms with Gasteiger partial charge in [-0.3, -0.25) is 4.79 Å². The van der Waals surface area contributed by atoms with Gasteiger partial charge in [0.25, 0.3) is 5.91 Å². The van der Waals surface area contributed by atoms with Crippen molar-refractivity contribution in [3.8, 4) is 0 Å². The lowest BCUT2D eigenvalue weighted by Gasteiger charge is -2.40. The van der Waals surface area contributed by atoms with E-state index >= 15 is 0 Å². The van der Waals surface area contributed by atoms with Crippen molar-refractivity contribution in [3.63, 3.8) is 0 Å². The highest BCUT2D eigenvalue weighted by Gasteiger charge is 2.41. The maximum absolute atomic E-state index is 12.9. The van der Waals surface area contributed by atoms with E-state index in [4.69, 9.17) is 10.5 Å². The highest BCUT2D eigenvalue weighted by atomic mass is 32.1. The molecule has 1 amide bonds. The number of amides is 1. The monoisotopic (exact) mass is 335 g/mol. The Morgan fingerprint density at radius 3 is 3.04 bits per heavy atom. The predicted molar refractivity (Wildman–Crippen MR) is 90.9 cm³/mol. The van der Waals surface area contributed by atoms with Crippen LogP contribution in [-0.4, -0.2) is 49.6 Å². The lowest BCUT2D eigenvalue weighted by molar-refractivity contribution is -0.0792. The fraction of sp³-hybridized carbons (Fsp3) is 0.706. The smallest absolute Gasteiger partial charge is 0.263 e. The van der Waals surface area contributed by atoms with E-state index in [0.717, 1.165) is 63.2 Å². The van der Waals surface area contributed by atoms with Gasteiger partial charge in [-0.2, -0.15) is 0 Å². The van der Waals surface area contributed by atoms with E-state index in [9.17, 15) is 4.79 Å². The summed E-state index contributed by atoms with van der Waals surface area (Å²) in [5, 5.41) is 3.41. The van der Waals surface area contributed by atoms with Crippen LogP contribution in [0.3, 0.4) is 0 Å². The largest absolute Gasteiger partial charge is 0.370 e. The molecule has 0 aliphatic carbocycles. The molecule has 1 spiro atoms. The molecule has 23 heavy (non-hydrogen) atoms. The molecule has 3 aliphatic heterocycles. The van der Waals surface area contributed by atoms with E-state index in [-0.39, 0.29) is 17.6 Å². The van der Waals surface area contributed by atoms with Gasteiger partial charge in [0.05, 0.1) is 17.1 Å². The molecule has 3 N–H and O–H groups in total. The number of nitrogens with one attached hydrogen (secondary N) is 1. The minimum atomic E-state index is -0.161. The molecule has 0 unspecified atom stereocenters. The standard InChI is InChI=1S/C17H25N3O2S/c18-12-2-1-8-20(11-12)16(21)15-10-13-14(23-15)3-9-22-17(13)4-6-19-7-5-17/h10,12,19H,1-9,11,18H2/t12-/m0/s1. The van der Waals surface area contributed by atoms with Crippen LogP contribution < -0.4 is 11.1 Å². The van der Waals surface area contributed by atoms with Crippen LogP contribution in [0.5, 0.6) is 0 Å². The Balaban J connectivity index is 1.61. The molecule has 1 aromatic rings. The van der Waals surface area contributed by atoms with Crippen LogP contribution in [0.2, 0.25) is 0 Å². The second kappa shape index (κ2) is 6.16. The van der Waals surface area contributed by atoms with E-state index in [1.807, 2.05) is 4.90 Å². The molecular weight excluding hydrogens is 310 g/mol. The minimum absolute atomic E-state index is 0.126. The number of likely N-dealkylation sites (tertiary alicyclic amines) is 1. The summed E-state index contributed by atoms with van der Waals surface area (Å²) in [5.74, 6) is 0.156. The van der Waals surface area contributed by atoms with Crippen LogP contribution in [0.4, 0.5) is 0 Å². The molecule has 2 fully saturated rings. The molecule has 1 atom stereocenters. The van der Waals surface area contributed by atoms with Crippen molar-refractivity contribution < 1.29 is 9.53 Å². The Morgan fingerprint density at radius 2 is 2.26 bits per heavy atom. The van der Waals surface area contributed by atoms with Gasteiger partial charge in [-0.15, -0.1) is 11.3 Å². The average molecular weight is 335 g/mol. The Hall–Kier alpha value is -0.950. The zero-order valence-electron chi connectivity index (χ0n) is 13.5. The normalized spacial score (nSPS) is 27.0. The number of hydrogen-bond donors (Lipinski definition) is 2. The molecule has 0 radical (unpaired) electrons. The summed E-state index contributed by atoms with van der Waals surface area (Å²) in [7, 11) is 0. The van der Waals surface area contributed by atoms with Crippen molar-refractivity contribution in [2.75, 3.05) is 32.8 Å². The molecule has 4 rings (SSSR count). The third-order valence-electron chi connectivity index (χ3n) is 5.37. The first-order chi connectivity index (χ1) is 11.2. The van der Waals surface area contributed by atoms with Crippen LogP contribution in [0.1, 0.15) is 45.8 Å². The number of fused-ring (bicyclic) bond motifs is 2. The quantitative estimate of drug-likeness (QED) is 0.815. The predicted octanol–water partition coefficient (Wildman–Crippen LogP) is 1.46. The lowest BCUT2D eigenvalue weighted by atomic mass is 9.83. The van der Waals surface area contributed by atoms with Crippen molar-refractivity contribution in [1.29, 1.82) is 0 Å². The molecule has 126 valence electrons. The zero-order chi connectivity index (χ0) is 15.9. The van der Waals surface area contributed by atoms with E-state index in [1.54, 1.807) is 11.3 Å². The Bertz CT molecular complexity index is 595. The van der Waals surface area contributed by atoms with Crippen LogP contribution in [-0.2, 0) is 16.8 Å². The van der Waals surface area contributed by atoms with Crippen molar-refractivity contribution in [2.24, 2.45) is 5.73 Å². The van der Waals surface area contributed by atoms with Crippen LogP contribution in [0, 0.1) is 0 Å². The van der Waals surface area contributed by atoms with Crippen LogP contribution in [0.15, 0.2) is 6.07 Å². The number of nitrogens with two attached hydrogens (primary N) is 1. The van der Waals surface area contributed by atoms with Gasteiger partial charge in [-0.25, -0.2) is 0 Å². The zero-order valence-corrected chi connectivity index (χ0v) is 14.3. The SMILES string of the molecule is N[C@H]1CCCN(C(=O)c2cc3c(s2)CCOC32CCNCC2)C1. The van der Waals surface area contributed by atoms with Gasteiger partial charge in [0.15, 0.2) is 0 Å². The van der Waals surface area contributed by atoms with Gasteiger partial charge >= 0.3 is 0 Å². The molecule has 4 heterocycles. The second-order valence-corrected chi connectivity index (χ2v) is 8.08. The van der Waals surface area contributed by atoms with Crippen molar-refractivity contribution in [1.82, 2.24) is 10.2 Å². The maximum Gasteiger partial charge on any atom is 0.263 e. The Labute approximate surface area is 141 Å². The topological polar surface area (TPSA) is 67.6 Å². The summed E-state index contributed by atoms with van der Waals surface area (Å²) >= 11 is 1.67. The number of carbonyl (C=O) groups excluding carboxylic acids is 1. The van der Waals surface area contributed by atoms with Gasteiger partial charge in [0.1, 0.15) is 0 Å². The average Bonchev–Trinajstić information content (AvgIpc) is 3.01. The molecule has 0 bridgehead atoms. The van der Waals surface area contributed by atoms with E-state index in [0.29, 0.717) is 6.54 Å². The number of thiophene rings is 1. The number of nitrogens with zero attached hydrogens (tertiary/aromatic N) is 1. The van der Waals surface area contributed by atoms with Crippen molar-refractivity contribution in [2.45, 2.75) is 43.7 Å². The fourth-order valence-corrected chi connectivity index (χ4v) is 5.32. The molecule has 6 heteroatoms. The molecule has 1 aromatic heterocycles. The first-order valence-electron chi connectivity index (χ1n) is 8.71. The molecule has 0 aromatic carbocycles. The Kier molecular flexibility index (Phi) is 4.17. The van der Waals surface area contributed by atoms with E-state index in [1.165, 1.54) is 10.4 Å². The third kappa shape index (κ3) is 2.82. The molecule has 3 aliphatic rings. The summed E-state index contributed by atoms with van der Waals surface area (Å²) in [6.45, 7) is 4.27. The number of piperidine rings is 2. The summed E-state index contributed by atoms with van der Waals surface area (Å²) in [5.41, 5.74) is 7.15. The number of hydrogen-bond acceptors (Lipinski definition) is 5. The first kappa shape index (κ1) is 15.6. The third-order valence-corrected chi connectivity index (χ3v) is 6.56. The molecule has 2 saturated heterocycles. The second-order valence-electron chi connectivity index (χ2n) is 6.94. The lowest BCUT2D eigenvalue weighted by Crippen LogP contribution is -2.45. The van der Waals surface area contributed by atoms with Crippen LogP contribution in [0.25, 0.3) is 0 Å². The van der Waals surface area contributed by atoms with Crippen LogP contribution >= 0.6 is 11.3 Å². The minimum Gasteiger partial charge on any atom is -0.370 e. The van der Waals surface area contributed by atoms with Gasteiger partial charge < -0.3 is 20.7 Å². The summed E-state index contributed by atoms with van der Waals surface area (Å²) in [6, 6.07) is 2.24. The van der Waals surface area contributed by atoms with Crippen molar-refractivity contribution >= 4 is 17.2 Å². The van der Waals surface area contributed by atoms with Gasteiger partial charge in [0.2, 0.25) is 0 Å². The molecule has 5 nitrogen and oxygen atoms in total. The summed E-state index contributed by atoms with van der Waals surface area (Å²) in [6.07, 6.45) is 4.96. The summed E-state index contributed by atoms with van der Waals surface area (Å²) in [4.78, 5) is 17.0. The maximum atomic E-state index is 12.9. The Morgan fingerprint density at radius 1 is 1.43 bits per heavy atom. The van der Waals surface area contributed by atoms with Gasteiger partial charge in [0, 0.05) is 30.4 Å². The summed E-state index contributed by atoms with van der Waals surface area (Å²) < 4.78 is 6.21. The fourth-order valence-electron chi connectivity index (χ4n) is 4.12. The molecular formula is C17H25N3O2S. The van der Waals surface area contributed by atoms with Crippen molar-refractivity contribution in [3.05, 3.63) is 21.4 Å². The number of rotatable bonds is 1. The number of carbonyl (C=O) groups is 1.